The summed E-state index contributed by atoms with van der Waals surface area (Å²) in [6.07, 6.45) is 1.95. The Kier molecular flexibility index (Phi) is 8.11. The Morgan fingerprint density at radius 3 is 2.30 bits per heavy atom. The van der Waals surface area contributed by atoms with E-state index in [1.54, 1.807) is 24.3 Å². The van der Waals surface area contributed by atoms with Crippen molar-refractivity contribution in [1.82, 2.24) is 5.32 Å². The first-order valence-corrected chi connectivity index (χ1v) is 12.8. The molecular weight excluding hydrogens is 436 g/mol. The van der Waals surface area contributed by atoms with Crippen LogP contribution in [0.5, 0.6) is 5.75 Å². The highest BCUT2D eigenvalue weighted by atomic mass is 32.2. The van der Waals surface area contributed by atoms with Crippen molar-refractivity contribution in [3.8, 4) is 5.75 Å². The number of ether oxygens (including phenoxy) is 1. The second-order valence-electron chi connectivity index (χ2n) is 7.82. The first-order valence-electron chi connectivity index (χ1n) is 10.9. The summed E-state index contributed by atoms with van der Waals surface area (Å²) >= 11 is 0. The van der Waals surface area contributed by atoms with Gasteiger partial charge >= 0.3 is 0 Å². The average Bonchev–Trinajstić information content (AvgIpc) is 2.80. The van der Waals surface area contributed by atoms with Crippen molar-refractivity contribution in [2.24, 2.45) is 0 Å². The van der Waals surface area contributed by atoms with Crippen LogP contribution in [-0.4, -0.2) is 33.7 Å². The topological polar surface area (TPSA) is 75.7 Å². The van der Waals surface area contributed by atoms with Gasteiger partial charge in [-0.2, -0.15) is 0 Å². The van der Waals surface area contributed by atoms with Crippen LogP contribution in [0.15, 0.2) is 72.8 Å². The van der Waals surface area contributed by atoms with Gasteiger partial charge < -0.3 is 10.1 Å². The largest absolute Gasteiger partial charge is 0.492 e. The van der Waals surface area contributed by atoms with E-state index in [9.17, 15) is 13.2 Å². The molecular formula is C26H30N2O4S. The molecule has 0 aliphatic heterocycles. The molecule has 3 aromatic carbocycles. The molecule has 0 saturated carbocycles. The monoisotopic (exact) mass is 466 g/mol. The Balaban J connectivity index is 1.65. The van der Waals surface area contributed by atoms with Gasteiger partial charge in [0.05, 0.1) is 25.0 Å². The Bertz CT molecular complexity index is 1180. The summed E-state index contributed by atoms with van der Waals surface area (Å²) in [6, 6.07) is 22.2. The maximum Gasteiger partial charge on any atom is 0.251 e. The number of aryl methyl sites for hydroxylation is 2. The van der Waals surface area contributed by atoms with Gasteiger partial charge in [-0.1, -0.05) is 55.5 Å². The highest BCUT2D eigenvalue weighted by Gasteiger charge is 2.22. The molecule has 3 aromatic rings. The maximum atomic E-state index is 12.6. The second-order valence-corrected chi connectivity index (χ2v) is 9.73. The van der Waals surface area contributed by atoms with Crippen LogP contribution in [0, 0.1) is 6.92 Å². The van der Waals surface area contributed by atoms with E-state index >= 15 is 0 Å². The fraction of sp³-hybridized carbons (Fsp3) is 0.269. The molecule has 3 rings (SSSR count). The van der Waals surface area contributed by atoms with Crippen LogP contribution in [0.3, 0.4) is 0 Å². The van der Waals surface area contributed by atoms with Crippen molar-refractivity contribution >= 4 is 21.6 Å². The molecule has 0 aromatic heterocycles. The molecule has 6 nitrogen and oxygen atoms in total. The molecule has 0 bridgehead atoms. The predicted molar refractivity (Wildman–Crippen MR) is 132 cm³/mol. The second kappa shape index (κ2) is 11.0. The third-order valence-electron chi connectivity index (χ3n) is 5.29. The first-order chi connectivity index (χ1) is 15.8. The summed E-state index contributed by atoms with van der Waals surface area (Å²) in [5.41, 5.74) is 3.93. The van der Waals surface area contributed by atoms with Gasteiger partial charge in [0.25, 0.3) is 5.91 Å². The molecule has 0 heterocycles. The number of nitrogens with zero attached hydrogens (tertiary/aromatic N) is 1. The van der Waals surface area contributed by atoms with Gasteiger partial charge in [0.2, 0.25) is 10.0 Å². The quantitative estimate of drug-likeness (QED) is 0.451. The molecule has 0 spiro atoms. The Morgan fingerprint density at radius 1 is 0.970 bits per heavy atom. The lowest BCUT2D eigenvalue weighted by Crippen LogP contribution is -2.31. The maximum absolute atomic E-state index is 12.6. The van der Waals surface area contributed by atoms with Crippen LogP contribution in [0.1, 0.15) is 34.0 Å². The number of sulfonamides is 1. The van der Waals surface area contributed by atoms with Crippen molar-refractivity contribution < 1.29 is 17.9 Å². The molecule has 0 aliphatic rings. The van der Waals surface area contributed by atoms with Gasteiger partial charge in [-0.3, -0.25) is 9.10 Å². The number of nitrogens with one attached hydrogen (secondary N) is 1. The smallest absolute Gasteiger partial charge is 0.251 e. The molecule has 174 valence electrons. The number of amides is 1. The van der Waals surface area contributed by atoms with E-state index in [1.165, 1.54) is 10.6 Å². The number of para-hydroxylation sites is 2. The molecule has 1 amide bonds. The van der Waals surface area contributed by atoms with Gasteiger partial charge in [-0.15, -0.1) is 0 Å². The normalized spacial score (nSPS) is 11.1. The highest BCUT2D eigenvalue weighted by molar-refractivity contribution is 7.92. The standard InChI is InChI=1S/C26H30N2O4S/c1-4-22-10-8-9-20(2)25(22)28(33(3,30)31)19-21-13-15-23(16-14-21)26(29)27-17-18-32-24-11-6-5-7-12-24/h5-16H,4,17-19H2,1-3H3,(H,27,29). The molecule has 0 atom stereocenters. The van der Waals surface area contributed by atoms with Crippen LogP contribution in [0.25, 0.3) is 0 Å². The number of hydrogen-bond donors (Lipinski definition) is 1. The SMILES string of the molecule is CCc1cccc(C)c1N(Cc1ccc(C(=O)NCCOc2ccccc2)cc1)S(C)(=O)=O. The highest BCUT2D eigenvalue weighted by Crippen LogP contribution is 2.29. The molecule has 0 radical (unpaired) electrons. The first kappa shape index (κ1) is 24.3. The lowest BCUT2D eigenvalue weighted by Gasteiger charge is -2.26. The lowest BCUT2D eigenvalue weighted by atomic mass is 10.1. The van der Waals surface area contributed by atoms with Gasteiger partial charge in [0.1, 0.15) is 12.4 Å². The Hall–Kier alpha value is -3.32. The van der Waals surface area contributed by atoms with Crippen molar-refractivity contribution in [2.75, 3.05) is 23.7 Å². The fourth-order valence-electron chi connectivity index (χ4n) is 3.60. The summed E-state index contributed by atoms with van der Waals surface area (Å²) in [4.78, 5) is 12.4. The van der Waals surface area contributed by atoms with E-state index in [-0.39, 0.29) is 12.5 Å². The molecule has 1 N–H and O–H groups in total. The van der Waals surface area contributed by atoms with Crippen LogP contribution in [0.2, 0.25) is 0 Å². The van der Waals surface area contributed by atoms with Crippen LogP contribution in [-0.2, 0) is 23.0 Å². The minimum atomic E-state index is -3.50. The number of carbonyl (C=O) groups excluding carboxylic acids is 1. The van der Waals surface area contributed by atoms with Gasteiger partial charge in [-0.05, 0) is 54.3 Å². The number of anilines is 1. The number of rotatable bonds is 10. The van der Waals surface area contributed by atoms with E-state index in [4.69, 9.17) is 4.74 Å². The molecule has 33 heavy (non-hydrogen) atoms. The summed E-state index contributed by atoms with van der Waals surface area (Å²) in [7, 11) is -3.50. The van der Waals surface area contributed by atoms with Gasteiger partial charge in [-0.25, -0.2) is 8.42 Å². The minimum Gasteiger partial charge on any atom is -0.492 e. The van der Waals surface area contributed by atoms with Crippen LogP contribution < -0.4 is 14.4 Å². The van der Waals surface area contributed by atoms with Crippen molar-refractivity contribution in [1.29, 1.82) is 0 Å². The van der Waals surface area contributed by atoms with E-state index in [1.807, 2.05) is 62.4 Å². The van der Waals surface area contributed by atoms with Gasteiger partial charge in [0.15, 0.2) is 0 Å². The van der Waals surface area contributed by atoms with E-state index in [0.29, 0.717) is 18.7 Å². The predicted octanol–water partition coefficient (Wildman–Crippen LogP) is 4.33. The van der Waals surface area contributed by atoms with Gasteiger partial charge in [0, 0.05) is 5.56 Å². The van der Waals surface area contributed by atoms with Crippen LogP contribution in [0.4, 0.5) is 5.69 Å². The summed E-state index contributed by atoms with van der Waals surface area (Å²) in [5, 5.41) is 2.83. The third kappa shape index (κ3) is 6.58. The summed E-state index contributed by atoms with van der Waals surface area (Å²) < 4.78 is 32.3. The Labute approximate surface area is 196 Å². The molecule has 0 unspecified atom stereocenters. The fourth-order valence-corrected chi connectivity index (χ4v) is 4.58. The number of hydrogen-bond acceptors (Lipinski definition) is 4. The molecule has 7 heteroatoms. The molecule has 0 fully saturated rings. The van der Waals surface area contributed by atoms with Crippen molar-refractivity contribution in [3.63, 3.8) is 0 Å². The zero-order valence-electron chi connectivity index (χ0n) is 19.2. The third-order valence-corrected chi connectivity index (χ3v) is 6.41. The van der Waals surface area contributed by atoms with E-state index in [2.05, 4.69) is 5.32 Å². The zero-order valence-corrected chi connectivity index (χ0v) is 20.1. The van der Waals surface area contributed by atoms with E-state index < -0.39 is 10.0 Å². The Morgan fingerprint density at radius 2 is 1.67 bits per heavy atom. The molecule has 0 aliphatic carbocycles. The summed E-state index contributed by atoms with van der Waals surface area (Å²) in [6.45, 7) is 4.87. The van der Waals surface area contributed by atoms with Crippen molar-refractivity contribution in [3.05, 3.63) is 95.1 Å². The summed E-state index contributed by atoms with van der Waals surface area (Å²) in [5.74, 6) is 0.553. The number of benzene rings is 3. The van der Waals surface area contributed by atoms with Crippen molar-refractivity contribution in [2.45, 2.75) is 26.8 Å². The van der Waals surface area contributed by atoms with Crippen LogP contribution >= 0.6 is 0 Å². The average molecular weight is 467 g/mol. The van der Waals surface area contributed by atoms with E-state index in [0.717, 1.165) is 34.5 Å². The minimum absolute atomic E-state index is 0.198. The lowest BCUT2D eigenvalue weighted by molar-refractivity contribution is 0.0947. The molecule has 0 saturated heterocycles. The zero-order chi connectivity index (χ0) is 23.8. The number of carbonyl (C=O) groups is 1.